The van der Waals surface area contributed by atoms with E-state index in [1.165, 1.54) is 0 Å². The summed E-state index contributed by atoms with van der Waals surface area (Å²) in [4.78, 5) is 18.7. The Hall–Kier alpha value is -3.79. The number of hydrogen-bond acceptors (Lipinski definition) is 5. The molecular formula is C26H30N4O3. The Morgan fingerprint density at radius 1 is 1.09 bits per heavy atom. The smallest absolute Gasteiger partial charge is 0.260 e. The number of para-hydroxylation sites is 2. The lowest BCUT2D eigenvalue weighted by Gasteiger charge is -2.19. The number of allylic oxidation sites excluding steroid dienone is 1. The maximum absolute atomic E-state index is 12.3. The van der Waals surface area contributed by atoms with E-state index in [2.05, 4.69) is 11.1 Å². The van der Waals surface area contributed by atoms with E-state index < -0.39 is 0 Å². The lowest BCUT2D eigenvalue weighted by atomic mass is 10.1. The molecule has 1 aromatic heterocycles. The summed E-state index contributed by atoms with van der Waals surface area (Å²) in [5, 5.41) is 9.89. The van der Waals surface area contributed by atoms with Gasteiger partial charge in [0.15, 0.2) is 23.9 Å². The van der Waals surface area contributed by atoms with Gasteiger partial charge in [-0.05, 0) is 63.6 Å². The Balaban J connectivity index is 1.92. The number of likely N-dealkylation sites (N-methyl/N-ethyl adjacent to an activating group) is 1. The van der Waals surface area contributed by atoms with Crippen LogP contribution in [0.25, 0.3) is 22.7 Å². The summed E-state index contributed by atoms with van der Waals surface area (Å²) in [5.41, 5.74) is 3.09. The highest BCUT2D eigenvalue weighted by molar-refractivity contribution is 5.91. The Labute approximate surface area is 194 Å². The normalized spacial score (nSPS) is 11.3. The van der Waals surface area contributed by atoms with E-state index in [1.54, 1.807) is 17.0 Å². The van der Waals surface area contributed by atoms with E-state index in [4.69, 9.17) is 9.47 Å². The monoisotopic (exact) mass is 446 g/mol. The highest BCUT2D eigenvalue weighted by Crippen LogP contribution is 2.31. The van der Waals surface area contributed by atoms with Crippen molar-refractivity contribution in [2.45, 2.75) is 34.2 Å². The van der Waals surface area contributed by atoms with E-state index >= 15 is 0 Å². The molecule has 7 nitrogen and oxygen atoms in total. The van der Waals surface area contributed by atoms with Gasteiger partial charge in [-0.3, -0.25) is 4.79 Å². The quantitative estimate of drug-likeness (QED) is 0.419. The number of carbonyl (C=O) groups is 1. The van der Waals surface area contributed by atoms with E-state index in [9.17, 15) is 10.1 Å². The number of imidazole rings is 1. The number of ether oxygens (including phenoxy) is 2. The van der Waals surface area contributed by atoms with Crippen LogP contribution in [0.3, 0.4) is 0 Å². The first kappa shape index (κ1) is 23.9. The van der Waals surface area contributed by atoms with Crippen LogP contribution in [0.2, 0.25) is 0 Å². The highest BCUT2D eigenvalue weighted by atomic mass is 16.5. The number of fused-ring (bicyclic) bond motifs is 1. The van der Waals surface area contributed by atoms with Gasteiger partial charge in [-0.15, -0.1) is 0 Å². The number of rotatable bonds is 10. The van der Waals surface area contributed by atoms with Crippen molar-refractivity contribution in [3.05, 3.63) is 53.9 Å². The molecule has 0 spiro atoms. The van der Waals surface area contributed by atoms with Gasteiger partial charge >= 0.3 is 0 Å². The van der Waals surface area contributed by atoms with Gasteiger partial charge in [0.2, 0.25) is 0 Å². The minimum absolute atomic E-state index is 0.0547. The number of nitrogens with zero attached hydrogens (tertiary/aromatic N) is 4. The number of amides is 1. The SMILES string of the molecule is CCOc1cc(/C=C(/C#N)c2nc3ccccc3n2CC)ccc1OCC(=O)N(CC)CC. The van der Waals surface area contributed by atoms with Crippen LogP contribution in [0.5, 0.6) is 11.5 Å². The summed E-state index contributed by atoms with van der Waals surface area (Å²) in [6.07, 6.45) is 1.79. The summed E-state index contributed by atoms with van der Waals surface area (Å²) < 4.78 is 13.6. The van der Waals surface area contributed by atoms with Crippen LogP contribution in [0, 0.1) is 11.3 Å². The summed E-state index contributed by atoms with van der Waals surface area (Å²) >= 11 is 0. The molecule has 0 N–H and O–H groups in total. The molecule has 3 rings (SSSR count). The molecule has 1 heterocycles. The molecule has 0 saturated heterocycles. The molecule has 0 unspecified atom stereocenters. The van der Waals surface area contributed by atoms with Crippen molar-refractivity contribution >= 4 is 28.6 Å². The minimum Gasteiger partial charge on any atom is -0.490 e. The van der Waals surface area contributed by atoms with Crippen LogP contribution in [-0.4, -0.2) is 46.7 Å². The number of aryl methyl sites for hydroxylation is 1. The number of aromatic nitrogens is 2. The van der Waals surface area contributed by atoms with Crippen LogP contribution in [0.4, 0.5) is 0 Å². The Bertz CT molecular complexity index is 1190. The number of hydrogen-bond donors (Lipinski definition) is 0. The van der Waals surface area contributed by atoms with Crippen molar-refractivity contribution in [1.82, 2.24) is 14.5 Å². The molecule has 1 amide bonds. The first-order valence-corrected chi connectivity index (χ1v) is 11.3. The average Bonchev–Trinajstić information content (AvgIpc) is 3.21. The lowest BCUT2D eigenvalue weighted by Crippen LogP contribution is -2.34. The molecule has 0 radical (unpaired) electrons. The third kappa shape index (κ3) is 5.35. The molecule has 0 bridgehead atoms. The van der Waals surface area contributed by atoms with Gasteiger partial charge in [0.05, 0.1) is 23.2 Å². The molecule has 0 fully saturated rings. The fourth-order valence-corrected chi connectivity index (χ4v) is 3.72. The highest BCUT2D eigenvalue weighted by Gasteiger charge is 2.15. The number of benzene rings is 2. The summed E-state index contributed by atoms with van der Waals surface area (Å²) in [5.74, 6) is 1.58. The summed E-state index contributed by atoms with van der Waals surface area (Å²) in [6.45, 7) is 10.2. The predicted octanol–water partition coefficient (Wildman–Crippen LogP) is 4.77. The van der Waals surface area contributed by atoms with Gasteiger partial charge in [0.1, 0.15) is 6.07 Å². The zero-order chi connectivity index (χ0) is 23.8. The van der Waals surface area contributed by atoms with Crippen molar-refractivity contribution in [3.63, 3.8) is 0 Å². The molecule has 7 heteroatoms. The van der Waals surface area contributed by atoms with Crippen molar-refractivity contribution in [2.24, 2.45) is 0 Å². The van der Waals surface area contributed by atoms with E-state index in [-0.39, 0.29) is 12.5 Å². The van der Waals surface area contributed by atoms with Crippen LogP contribution in [0.15, 0.2) is 42.5 Å². The van der Waals surface area contributed by atoms with E-state index in [0.29, 0.717) is 49.1 Å². The zero-order valence-electron chi connectivity index (χ0n) is 19.7. The molecule has 3 aromatic rings. The van der Waals surface area contributed by atoms with E-state index in [0.717, 1.165) is 16.6 Å². The Morgan fingerprint density at radius 3 is 2.52 bits per heavy atom. The van der Waals surface area contributed by atoms with Crippen LogP contribution < -0.4 is 9.47 Å². The number of nitriles is 1. The number of carbonyl (C=O) groups excluding carboxylic acids is 1. The van der Waals surface area contributed by atoms with Crippen molar-refractivity contribution in [1.29, 1.82) is 5.26 Å². The molecule has 0 atom stereocenters. The van der Waals surface area contributed by atoms with Crippen molar-refractivity contribution in [3.8, 4) is 17.6 Å². The van der Waals surface area contributed by atoms with Crippen molar-refractivity contribution in [2.75, 3.05) is 26.3 Å². The summed E-state index contributed by atoms with van der Waals surface area (Å²) in [7, 11) is 0. The minimum atomic E-state index is -0.0725. The molecule has 0 aliphatic carbocycles. The van der Waals surface area contributed by atoms with Crippen molar-refractivity contribution < 1.29 is 14.3 Å². The first-order chi connectivity index (χ1) is 16.1. The second-order valence-corrected chi connectivity index (χ2v) is 7.33. The molecule has 0 saturated carbocycles. The van der Waals surface area contributed by atoms with Crippen LogP contribution in [0.1, 0.15) is 39.1 Å². The first-order valence-electron chi connectivity index (χ1n) is 11.3. The standard InChI is InChI=1S/C26H30N4O3/c1-5-29(6-2)25(31)18-33-23-14-13-19(16-24(23)32-8-4)15-20(17-27)26-28-21-11-9-10-12-22(21)30(26)7-3/h9-16H,5-8,18H2,1-4H3/b20-15-. The summed E-state index contributed by atoms with van der Waals surface area (Å²) in [6, 6.07) is 15.6. The maximum atomic E-state index is 12.3. The van der Waals surface area contributed by atoms with Gasteiger partial charge in [0.25, 0.3) is 5.91 Å². The Morgan fingerprint density at radius 2 is 1.85 bits per heavy atom. The fraction of sp³-hybridized carbons (Fsp3) is 0.346. The largest absolute Gasteiger partial charge is 0.490 e. The van der Waals surface area contributed by atoms with Crippen LogP contribution in [-0.2, 0) is 11.3 Å². The average molecular weight is 447 g/mol. The fourth-order valence-electron chi connectivity index (χ4n) is 3.72. The lowest BCUT2D eigenvalue weighted by molar-refractivity contribution is -0.132. The van der Waals surface area contributed by atoms with Crippen LogP contribution >= 0.6 is 0 Å². The Kier molecular flexibility index (Phi) is 8.09. The topological polar surface area (TPSA) is 80.4 Å². The molecule has 0 aliphatic rings. The molecule has 33 heavy (non-hydrogen) atoms. The van der Waals surface area contributed by atoms with Gasteiger partial charge in [-0.2, -0.15) is 5.26 Å². The second kappa shape index (κ2) is 11.2. The third-order valence-corrected chi connectivity index (χ3v) is 5.38. The van der Waals surface area contributed by atoms with Gasteiger partial charge in [0, 0.05) is 19.6 Å². The third-order valence-electron chi connectivity index (χ3n) is 5.38. The molecular weight excluding hydrogens is 416 g/mol. The zero-order valence-corrected chi connectivity index (χ0v) is 19.7. The second-order valence-electron chi connectivity index (χ2n) is 7.33. The van der Waals surface area contributed by atoms with Gasteiger partial charge in [-0.25, -0.2) is 4.98 Å². The molecule has 0 aliphatic heterocycles. The maximum Gasteiger partial charge on any atom is 0.260 e. The predicted molar refractivity (Wildman–Crippen MR) is 130 cm³/mol. The van der Waals surface area contributed by atoms with Gasteiger partial charge < -0.3 is 18.9 Å². The molecule has 2 aromatic carbocycles. The molecule has 172 valence electrons. The van der Waals surface area contributed by atoms with E-state index in [1.807, 2.05) is 68.7 Å². The van der Waals surface area contributed by atoms with Gasteiger partial charge in [-0.1, -0.05) is 18.2 Å².